The second kappa shape index (κ2) is 7.35. The van der Waals surface area contributed by atoms with Crippen molar-refractivity contribution >= 4 is 22.8 Å². The lowest BCUT2D eigenvalue weighted by Crippen LogP contribution is -2.00. The van der Waals surface area contributed by atoms with Gasteiger partial charge >= 0.3 is 0 Å². The van der Waals surface area contributed by atoms with E-state index in [2.05, 4.69) is 0 Å². The minimum atomic E-state index is -0.141. The van der Waals surface area contributed by atoms with Gasteiger partial charge in [-0.3, -0.25) is 4.79 Å². The van der Waals surface area contributed by atoms with E-state index in [1.807, 2.05) is 48.2 Å². The van der Waals surface area contributed by atoms with Crippen LogP contribution in [0, 0.1) is 0 Å². The van der Waals surface area contributed by atoms with Crippen molar-refractivity contribution in [1.29, 1.82) is 0 Å². The summed E-state index contributed by atoms with van der Waals surface area (Å²) in [5.74, 6) is 1.23. The Kier molecular flexibility index (Phi) is 4.98. The van der Waals surface area contributed by atoms with Gasteiger partial charge in [-0.25, -0.2) is 0 Å². The summed E-state index contributed by atoms with van der Waals surface area (Å²) in [6.07, 6.45) is 5.39. The first-order valence-corrected chi connectivity index (χ1v) is 8.15. The summed E-state index contributed by atoms with van der Waals surface area (Å²) >= 11 is 0. The van der Waals surface area contributed by atoms with Gasteiger partial charge in [0.15, 0.2) is 17.3 Å². The van der Waals surface area contributed by atoms with Gasteiger partial charge < -0.3 is 18.8 Å². The largest absolute Gasteiger partial charge is 0.493 e. The van der Waals surface area contributed by atoms with Crippen LogP contribution in [0.2, 0.25) is 0 Å². The summed E-state index contributed by atoms with van der Waals surface area (Å²) in [5.41, 5.74) is 2.58. The second-order valence-electron chi connectivity index (χ2n) is 5.82. The number of nitrogens with zero attached hydrogens (tertiary/aromatic N) is 1. The molecule has 2 aromatic carbocycles. The van der Waals surface area contributed by atoms with E-state index in [4.69, 9.17) is 14.2 Å². The first-order valence-electron chi connectivity index (χ1n) is 8.15. The summed E-state index contributed by atoms with van der Waals surface area (Å²) in [5, 5.41) is 1.10. The Bertz CT molecular complexity index is 960. The first kappa shape index (κ1) is 17.6. The molecule has 1 heterocycles. The zero-order valence-electron chi connectivity index (χ0n) is 15.3. The van der Waals surface area contributed by atoms with Crippen LogP contribution in [-0.2, 0) is 7.05 Å². The summed E-state index contributed by atoms with van der Waals surface area (Å²) in [6.45, 7) is 0. The summed E-state index contributed by atoms with van der Waals surface area (Å²) in [7, 11) is 6.57. The number of ketones is 1. The summed E-state index contributed by atoms with van der Waals surface area (Å²) in [4.78, 5) is 12.7. The van der Waals surface area contributed by atoms with Crippen molar-refractivity contribution in [3.63, 3.8) is 0 Å². The molecule has 0 aliphatic heterocycles. The molecule has 0 bridgehead atoms. The van der Waals surface area contributed by atoms with E-state index in [0.717, 1.165) is 16.5 Å². The Balaban J connectivity index is 1.95. The Morgan fingerprint density at radius 3 is 2.27 bits per heavy atom. The maximum atomic E-state index is 12.7. The van der Waals surface area contributed by atoms with Gasteiger partial charge in [-0.05, 0) is 30.4 Å². The van der Waals surface area contributed by atoms with Crippen LogP contribution in [0.3, 0.4) is 0 Å². The van der Waals surface area contributed by atoms with E-state index in [-0.39, 0.29) is 5.78 Å². The molecule has 134 valence electrons. The highest BCUT2D eigenvalue weighted by Crippen LogP contribution is 2.38. The number of carbonyl (C=O) groups excluding carboxylic acids is 1. The molecule has 3 rings (SSSR count). The van der Waals surface area contributed by atoms with Gasteiger partial charge in [0, 0.05) is 35.3 Å². The molecular weight excluding hydrogens is 330 g/mol. The number of fused-ring (bicyclic) bond motifs is 1. The topological polar surface area (TPSA) is 49.7 Å². The number of ether oxygens (including phenoxy) is 3. The molecule has 26 heavy (non-hydrogen) atoms. The van der Waals surface area contributed by atoms with Gasteiger partial charge in [-0.15, -0.1) is 0 Å². The van der Waals surface area contributed by atoms with Crippen molar-refractivity contribution in [3.05, 3.63) is 59.8 Å². The predicted octanol–water partition coefficient (Wildman–Crippen LogP) is 4.10. The zero-order chi connectivity index (χ0) is 18.7. The van der Waals surface area contributed by atoms with E-state index < -0.39 is 0 Å². The molecule has 0 saturated carbocycles. The highest BCUT2D eigenvalue weighted by Gasteiger charge is 2.16. The van der Waals surface area contributed by atoms with E-state index in [9.17, 15) is 4.79 Å². The Morgan fingerprint density at radius 1 is 1.00 bits per heavy atom. The lowest BCUT2D eigenvalue weighted by molar-refractivity contribution is 0.104. The predicted molar refractivity (Wildman–Crippen MR) is 102 cm³/mol. The minimum Gasteiger partial charge on any atom is -0.493 e. The molecule has 5 heteroatoms. The van der Waals surface area contributed by atoms with E-state index >= 15 is 0 Å². The van der Waals surface area contributed by atoms with Crippen molar-refractivity contribution in [2.45, 2.75) is 0 Å². The molecule has 0 unspecified atom stereocenters. The number of methoxy groups -OCH3 is 3. The van der Waals surface area contributed by atoms with Gasteiger partial charge in [-0.2, -0.15) is 0 Å². The van der Waals surface area contributed by atoms with E-state index in [1.165, 1.54) is 21.3 Å². The highest BCUT2D eigenvalue weighted by molar-refractivity contribution is 6.08. The number of rotatable bonds is 6. The van der Waals surface area contributed by atoms with Crippen LogP contribution in [0.15, 0.2) is 48.7 Å². The van der Waals surface area contributed by atoms with E-state index in [0.29, 0.717) is 22.8 Å². The van der Waals surface area contributed by atoms with Crippen LogP contribution >= 0.6 is 0 Å². The van der Waals surface area contributed by atoms with Gasteiger partial charge in [0.05, 0.1) is 21.3 Å². The Hall–Kier alpha value is -3.21. The third kappa shape index (κ3) is 3.16. The molecule has 0 fully saturated rings. The molecule has 0 aliphatic carbocycles. The summed E-state index contributed by atoms with van der Waals surface area (Å²) < 4.78 is 17.9. The molecule has 3 aromatic rings. The second-order valence-corrected chi connectivity index (χ2v) is 5.82. The fourth-order valence-electron chi connectivity index (χ4n) is 2.99. The lowest BCUT2D eigenvalue weighted by atomic mass is 10.1. The quantitative estimate of drug-likeness (QED) is 0.496. The van der Waals surface area contributed by atoms with Crippen LogP contribution in [0.25, 0.3) is 17.0 Å². The Labute approximate surface area is 152 Å². The molecule has 5 nitrogen and oxygen atoms in total. The monoisotopic (exact) mass is 351 g/mol. The number of aryl methyl sites for hydroxylation is 1. The fourth-order valence-corrected chi connectivity index (χ4v) is 2.99. The minimum absolute atomic E-state index is 0.141. The van der Waals surface area contributed by atoms with Gasteiger partial charge in [0.25, 0.3) is 0 Å². The van der Waals surface area contributed by atoms with Crippen molar-refractivity contribution in [1.82, 2.24) is 4.57 Å². The molecule has 0 N–H and O–H groups in total. The number of benzene rings is 2. The van der Waals surface area contributed by atoms with E-state index in [1.54, 1.807) is 18.2 Å². The number of aromatic nitrogens is 1. The number of hydrogen-bond acceptors (Lipinski definition) is 4. The van der Waals surface area contributed by atoms with Crippen LogP contribution in [0.5, 0.6) is 17.2 Å². The molecule has 0 aliphatic rings. The van der Waals surface area contributed by atoms with Gasteiger partial charge in [0.2, 0.25) is 5.75 Å². The molecule has 0 radical (unpaired) electrons. The lowest BCUT2D eigenvalue weighted by Gasteiger charge is -2.13. The van der Waals surface area contributed by atoms with Crippen LogP contribution < -0.4 is 14.2 Å². The van der Waals surface area contributed by atoms with Crippen molar-refractivity contribution in [2.24, 2.45) is 7.05 Å². The van der Waals surface area contributed by atoms with Crippen molar-refractivity contribution in [2.75, 3.05) is 21.3 Å². The average molecular weight is 351 g/mol. The Morgan fingerprint density at radius 2 is 1.65 bits per heavy atom. The normalized spacial score (nSPS) is 11.1. The van der Waals surface area contributed by atoms with Crippen LogP contribution in [0.4, 0.5) is 0 Å². The zero-order valence-corrected chi connectivity index (χ0v) is 15.3. The smallest absolute Gasteiger partial charge is 0.203 e. The SMILES string of the molecule is COc1cc(C(=O)/C=C/c2cn(C)c3ccccc23)cc(OC)c1OC. The van der Waals surface area contributed by atoms with Crippen LogP contribution in [0.1, 0.15) is 15.9 Å². The van der Waals surface area contributed by atoms with Crippen molar-refractivity contribution in [3.8, 4) is 17.2 Å². The van der Waals surface area contributed by atoms with Crippen molar-refractivity contribution < 1.29 is 19.0 Å². The number of allylic oxidation sites excluding steroid dienone is 1. The molecule has 1 aromatic heterocycles. The maximum absolute atomic E-state index is 12.7. The summed E-state index contributed by atoms with van der Waals surface area (Å²) in [6, 6.07) is 11.4. The first-order chi connectivity index (χ1) is 12.6. The third-order valence-corrected chi connectivity index (χ3v) is 4.29. The molecule has 0 atom stereocenters. The molecule has 0 amide bonds. The fraction of sp³-hybridized carbons (Fsp3) is 0.190. The maximum Gasteiger partial charge on any atom is 0.203 e. The molecular formula is C21H21NO4. The van der Waals surface area contributed by atoms with Gasteiger partial charge in [-0.1, -0.05) is 18.2 Å². The van der Waals surface area contributed by atoms with Crippen LogP contribution in [-0.4, -0.2) is 31.7 Å². The number of carbonyl (C=O) groups is 1. The third-order valence-electron chi connectivity index (χ3n) is 4.29. The molecule has 0 saturated heterocycles. The standard InChI is InChI=1S/C21H21NO4/c1-22-13-14(16-7-5-6-8-17(16)22)9-10-18(23)15-11-19(24-2)21(26-4)20(12-15)25-3/h5-13H,1-4H3/b10-9+. The highest BCUT2D eigenvalue weighted by atomic mass is 16.5. The molecule has 0 spiro atoms. The van der Waals surface area contributed by atoms with Gasteiger partial charge in [0.1, 0.15) is 0 Å². The average Bonchev–Trinajstić information content (AvgIpc) is 3.00. The number of para-hydroxylation sites is 1. The number of hydrogen-bond donors (Lipinski definition) is 0.